The average molecular weight is 261 g/mol. The molecule has 17 heavy (non-hydrogen) atoms. The van der Waals surface area contributed by atoms with Gasteiger partial charge in [-0.05, 0) is 51.1 Å². The molecule has 2 N–H and O–H groups in total. The second-order valence-electron chi connectivity index (χ2n) is 5.55. The van der Waals surface area contributed by atoms with Crippen molar-refractivity contribution >= 4 is 18.3 Å². The van der Waals surface area contributed by atoms with Crippen LogP contribution in [0.5, 0.6) is 0 Å². The molecule has 0 radical (unpaired) electrons. The Bertz CT molecular complexity index is 238. The Morgan fingerprint density at radius 2 is 2.12 bits per heavy atom. The Hall–Kier alpha value is -0.280. The van der Waals surface area contributed by atoms with Crippen molar-refractivity contribution in [3.8, 4) is 0 Å². The van der Waals surface area contributed by atoms with Gasteiger partial charge in [-0.3, -0.25) is 4.79 Å². The Kier molecular flexibility index (Phi) is 6.28. The molecule has 3 nitrogen and oxygen atoms in total. The van der Waals surface area contributed by atoms with Gasteiger partial charge in [-0.2, -0.15) is 0 Å². The van der Waals surface area contributed by atoms with Crippen LogP contribution in [-0.2, 0) is 4.79 Å². The lowest BCUT2D eigenvalue weighted by molar-refractivity contribution is -0.122. The van der Waals surface area contributed by atoms with Crippen LogP contribution in [0.25, 0.3) is 0 Å². The van der Waals surface area contributed by atoms with Crippen molar-refractivity contribution in [3.05, 3.63) is 0 Å². The molecule has 0 spiro atoms. The largest absolute Gasteiger partial charge is 0.354 e. The number of nitrogens with one attached hydrogen (secondary N) is 2. The van der Waals surface area contributed by atoms with Gasteiger partial charge in [0.2, 0.25) is 5.91 Å². The molecular formula is C13H25ClN2O. The fourth-order valence-electron chi connectivity index (χ4n) is 2.56. The summed E-state index contributed by atoms with van der Waals surface area (Å²) in [6.45, 7) is 4.36. The lowest BCUT2D eigenvalue weighted by atomic mass is 10.0. The van der Waals surface area contributed by atoms with Crippen molar-refractivity contribution in [2.75, 3.05) is 13.1 Å². The predicted molar refractivity (Wildman–Crippen MR) is 72.4 cm³/mol. The van der Waals surface area contributed by atoms with Crippen LogP contribution >= 0.6 is 12.4 Å². The van der Waals surface area contributed by atoms with Crippen LogP contribution in [0.2, 0.25) is 0 Å². The number of hydrogen-bond acceptors (Lipinski definition) is 2. The van der Waals surface area contributed by atoms with Crippen LogP contribution in [0.3, 0.4) is 0 Å². The van der Waals surface area contributed by atoms with Crippen LogP contribution in [-0.4, -0.2) is 25.0 Å². The third-order valence-electron chi connectivity index (χ3n) is 3.73. The summed E-state index contributed by atoms with van der Waals surface area (Å²) in [6, 6.07) is 0.377. The summed E-state index contributed by atoms with van der Waals surface area (Å²) >= 11 is 0. The molecule has 0 aromatic rings. The zero-order valence-electron chi connectivity index (χ0n) is 10.7. The Balaban J connectivity index is 0.00000144. The molecule has 100 valence electrons. The van der Waals surface area contributed by atoms with E-state index < -0.39 is 0 Å². The molecule has 1 aliphatic heterocycles. The average Bonchev–Trinajstić information content (AvgIpc) is 2.89. The van der Waals surface area contributed by atoms with Gasteiger partial charge in [-0.15, -0.1) is 12.4 Å². The van der Waals surface area contributed by atoms with Gasteiger partial charge in [0.05, 0.1) is 0 Å². The SMILES string of the molecule is CC(CC1CC1)NC(=O)CCC1CCNC1.Cl. The van der Waals surface area contributed by atoms with Crippen LogP contribution in [0.4, 0.5) is 0 Å². The molecule has 4 heteroatoms. The third kappa shape index (κ3) is 5.73. The van der Waals surface area contributed by atoms with Crippen molar-refractivity contribution in [2.45, 2.75) is 51.5 Å². The minimum absolute atomic E-state index is 0. The minimum Gasteiger partial charge on any atom is -0.354 e. The van der Waals surface area contributed by atoms with Gasteiger partial charge in [-0.1, -0.05) is 12.8 Å². The molecule has 2 unspecified atom stereocenters. The van der Waals surface area contributed by atoms with E-state index in [9.17, 15) is 4.79 Å². The summed E-state index contributed by atoms with van der Waals surface area (Å²) in [6.07, 6.45) is 6.92. The van der Waals surface area contributed by atoms with E-state index in [0.717, 1.165) is 31.3 Å². The summed E-state index contributed by atoms with van der Waals surface area (Å²) in [5, 5.41) is 6.46. The predicted octanol–water partition coefficient (Wildman–Crippen LogP) is 2.10. The molecule has 1 saturated heterocycles. The first-order valence-corrected chi connectivity index (χ1v) is 6.74. The van der Waals surface area contributed by atoms with Crippen LogP contribution in [0, 0.1) is 11.8 Å². The number of carbonyl (C=O) groups is 1. The highest BCUT2D eigenvalue weighted by Gasteiger charge is 2.24. The first-order valence-electron chi connectivity index (χ1n) is 6.74. The topological polar surface area (TPSA) is 41.1 Å². The minimum atomic E-state index is 0. The quantitative estimate of drug-likeness (QED) is 0.768. The normalized spacial score (nSPS) is 25.1. The van der Waals surface area contributed by atoms with E-state index in [1.807, 2.05) is 0 Å². The first kappa shape index (κ1) is 14.8. The maximum atomic E-state index is 11.7. The van der Waals surface area contributed by atoms with Gasteiger partial charge in [0.1, 0.15) is 0 Å². The number of halogens is 1. The van der Waals surface area contributed by atoms with E-state index in [1.165, 1.54) is 25.7 Å². The van der Waals surface area contributed by atoms with Crippen molar-refractivity contribution in [3.63, 3.8) is 0 Å². The van der Waals surface area contributed by atoms with Crippen molar-refractivity contribution in [1.29, 1.82) is 0 Å². The Morgan fingerprint density at radius 1 is 1.35 bits per heavy atom. The van der Waals surface area contributed by atoms with E-state index in [-0.39, 0.29) is 18.3 Å². The molecule has 2 atom stereocenters. The molecule has 2 rings (SSSR count). The molecule has 0 aromatic heterocycles. The highest BCUT2D eigenvalue weighted by Crippen LogP contribution is 2.33. The third-order valence-corrected chi connectivity index (χ3v) is 3.73. The summed E-state index contributed by atoms with van der Waals surface area (Å²) in [4.78, 5) is 11.7. The van der Waals surface area contributed by atoms with Crippen LogP contribution in [0.15, 0.2) is 0 Å². The van der Waals surface area contributed by atoms with Gasteiger partial charge in [0.15, 0.2) is 0 Å². The molecular weight excluding hydrogens is 236 g/mol. The molecule has 2 fully saturated rings. The Labute approximate surface area is 111 Å². The molecule has 1 aliphatic carbocycles. The lowest BCUT2D eigenvalue weighted by Crippen LogP contribution is -2.33. The van der Waals surface area contributed by atoms with E-state index in [2.05, 4.69) is 17.6 Å². The number of carbonyl (C=O) groups excluding carboxylic acids is 1. The van der Waals surface area contributed by atoms with Crippen LogP contribution < -0.4 is 10.6 Å². The number of rotatable bonds is 6. The Morgan fingerprint density at radius 3 is 2.71 bits per heavy atom. The highest BCUT2D eigenvalue weighted by atomic mass is 35.5. The van der Waals surface area contributed by atoms with Gasteiger partial charge in [0, 0.05) is 12.5 Å². The fourth-order valence-corrected chi connectivity index (χ4v) is 2.56. The number of hydrogen-bond donors (Lipinski definition) is 2. The molecule has 0 bridgehead atoms. The van der Waals surface area contributed by atoms with E-state index in [0.29, 0.717) is 12.5 Å². The van der Waals surface area contributed by atoms with Gasteiger partial charge in [-0.25, -0.2) is 0 Å². The molecule has 1 heterocycles. The maximum absolute atomic E-state index is 11.7. The van der Waals surface area contributed by atoms with Crippen molar-refractivity contribution in [2.24, 2.45) is 11.8 Å². The summed E-state index contributed by atoms with van der Waals surface area (Å²) in [5.41, 5.74) is 0. The van der Waals surface area contributed by atoms with E-state index in [4.69, 9.17) is 0 Å². The molecule has 0 aromatic carbocycles. The molecule has 1 saturated carbocycles. The summed E-state index contributed by atoms with van der Waals surface area (Å²) in [7, 11) is 0. The maximum Gasteiger partial charge on any atom is 0.220 e. The van der Waals surface area contributed by atoms with Crippen LogP contribution in [0.1, 0.15) is 45.4 Å². The van der Waals surface area contributed by atoms with Gasteiger partial charge in [0.25, 0.3) is 0 Å². The molecule has 1 amide bonds. The summed E-state index contributed by atoms with van der Waals surface area (Å²) < 4.78 is 0. The second kappa shape index (κ2) is 7.22. The second-order valence-corrected chi connectivity index (χ2v) is 5.55. The molecule has 2 aliphatic rings. The lowest BCUT2D eigenvalue weighted by Gasteiger charge is -2.14. The standard InChI is InChI=1S/C13H24N2O.ClH/c1-10(8-11-2-3-11)15-13(16)5-4-12-6-7-14-9-12;/h10-12,14H,2-9H2,1H3,(H,15,16);1H. The van der Waals surface area contributed by atoms with Gasteiger partial charge < -0.3 is 10.6 Å². The van der Waals surface area contributed by atoms with E-state index in [1.54, 1.807) is 0 Å². The van der Waals surface area contributed by atoms with Gasteiger partial charge >= 0.3 is 0 Å². The smallest absolute Gasteiger partial charge is 0.220 e. The van der Waals surface area contributed by atoms with Crippen molar-refractivity contribution < 1.29 is 4.79 Å². The fraction of sp³-hybridized carbons (Fsp3) is 0.923. The zero-order chi connectivity index (χ0) is 11.4. The summed E-state index contributed by atoms with van der Waals surface area (Å²) in [5.74, 6) is 1.87. The van der Waals surface area contributed by atoms with E-state index >= 15 is 0 Å². The zero-order valence-corrected chi connectivity index (χ0v) is 11.5. The highest BCUT2D eigenvalue weighted by molar-refractivity contribution is 5.85. The first-order chi connectivity index (χ1) is 7.74. The monoisotopic (exact) mass is 260 g/mol. The number of amides is 1. The van der Waals surface area contributed by atoms with Crippen molar-refractivity contribution in [1.82, 2.24) is 10.6 Å².